The van der Waals surface area contributed by atoms with Gasteiger partial charge in [0.05, 0.1) is 40.3 Å². The van der Waals surface area contributed by atoms with Gasteiger partial charge in [-0.2, -0.15) is 0 Å². The fraction of sp³-hybridized carbons (Fsp3) is 0.953. The van der Waals surface area contributed by atoms with E-state index in [1.807, 2.05) is 21.1 Å². The Morgan fingerprint density at radius 1 is 0.356 bits per heavy atom. The Morgan fingerprint density at radius 3 is 0.877 bits per heavy atom. The van der Waals surface area contributed by atoms with Crippen molar-refractivity contribution in [2.45, 2.75) is 347 Å². The van der Waals surface area contributed by atoms with Crippen molar-refractivity contribution in [3.05, 3.63) is 0 Å². The molecule has 0 spiro atoms. The molecule has 0 heterocycles. The van der Waals surface area contributed by atoms with E-state index >= 15 is 0 Å². The van der Waals surface area contributed by atoms with Crippen molar-refractivity contribution in [2.24, 2.45) is 0 Å². The Kier molecular flexibility index (Phi) is 55.2. The van der Waals surface area contributed by atoms with Gasteiger partial charge in [0.15, 0.2) is 12.4 Å². The van der Waals surface area contributed by atoms with E-state index in [0.717, 1.165) is 38.5 Å². The molecule has 0 radical (unpaired) electrons. The number of carbonyl (C=O) groups excluding carboxylic acids is 3. The van der Waals surface area contributed by atoms with Crippen LogP contribution in [0.2, 0.25) is 0 Å². The molecule has 0 saturated heterocycles. The molecule has 0 amide bonds. The molecular formula is C64H125NO8. The first-order chi connectivity index (χ1) is 35.6. The van der Waals surface area contributed by atoms with Gasteiger partial charge in [-0.1, -0.05) is 309 Å². The average Bonchev–Trinajstić information content (AvgIpc) is 3.36. The van der Waals surface area contributed by atoms with Crippen LogP contribution in [0.5, 0.6) is 0 Å². The maximum atomic E-state index is 12.9. The number of unbranched alkanes of at least 4 members (excludes halogenated alkanes) is 46. The smallest absolute Gasteiger partial charge is 0.306 e. The third-order valence-corrected chi connectivity index (χ3v) is 14.9. The Labute approximate surface area is 453 Å². The Hall–Kier alpha value is -1.71. The van der Waals surface area contributed by atoms with Crippen LogP contribution in [-0.2, 0) is 33.3 Å². The molecule has 9 heteroatoms. The lowest BCUT2D eigenvalue weighted by Gasteiger charge is -2.26. The van der Waals surface area contributed by atoms with Crippen LogP contribution in [0.15, 0.2) is 0 Å². The van der Waals surface area contributed by atoms with Gasteiger partial charge in [0.25, 0.3) is 0 Å². The van der Waals surface area contributed by atoms with Gasteiger partial charge in [-0.3, -0.25) is 9.59 Å². The van der Waals surface area contributed by atoms with Crippen molar-refractivity contribution in [1.29, 1.82) is 0 Å². The molecule has 0 aromatic rings. The topological polar surface area (TPSA) is 111 Å². The molecule has 0 fully saturated rings. The highest BCUT2D eigenvalue weighted by molar-refractivity contribution is 5.70. The third kappa shape index (κ3) is 57.8. The maximum Gasteiger partial charge on any atom is 0.306 e. The van der Waals surface area contributed by atoms with Crippen molar-refractivity contribution in [3.8, 4) is 0 Å². The molecule has 9 nitrogen and oxygen atoms in total. The van der Waals surface area contributed by atoms with E-state index in [9.17, 15) is 19.5 Å². The molecule has 73 heavy (non-hydrogen) atoms. The van der Waals surface area contributed by atoms with Crippen LogP contribution in [0, 0.1) is 0 Å². The second-order valence-electron chi connectivity index (χ2n) is 23.4. The SMILES string of the molecule is CCCCCCCCCCCCCCCCCCCCCCCCCCCCCCCCC(=O)OC(COC(=O)CCCCCCCCCCCCCCCCCCCC)COC(OCC[N+](C)(C)C)C(=O)[O-]. The zero-order chi connectivity index (χ0) is 53.4. The number of carboxylic acids is 1. The number of rotatable bonds is 61. The van der Waals surface area contributed by atoms with E-state index in [1.54, 1.807) is 0 Å². The normalized spacial score (nSPS) is 12.6. The van der Waals surface area contributed by atoms with Crippen LogP contribution in [0.4, 0.5) is 0 Å². The number of aliphatic carboxylic acids is 1. The van der Waals surface area contributed by atoms with Gasteiger partial charge in [0.1, 0.15) is 13.2 Å². The summed E-state index contributed by atoms with van der Waals surface area (Å²) in [6, 6.07) is 0. The predicted molar refractivity (Wildman–Crippen MR) is 307 cm³/mol. The minimum absolute atomic E-state index is 0.153. The largest absolute Gasteiger partial charge is 0.545 e. The third-order valence-electron chi connectivity index (χ3n) is 14.9. The first-order valence-corrected chi connectivity index (χ1v) is 32.2. The summed E-state index contributed by atoms with van der Waals surface area (Å²) in [4.78, 5) is 37.3. The van der Waals surface area contributed by atoms with Gasteiger partial charge in [0.2, 0.25) is 0 Å². The standard InChI is InChI=1S/C64H125NO8/c1-6-8-10-12-14-16-18-20-22-24-26-27-28-29-30-31-32-33-34-35-36-37-39-41-43-45-47-49-51-53-55-62(67)73-60(59-72-64(63(68)69)70-57-56-65(3,4)5)58-71-61(66)54-52-50-48-46-44-42-40-38-25-23-21-19-17-15-13-11-9-7-2/h60,64H,6-59H2,1-5H3. The number of carboxylic acid groups (broad SMARTS) is 1. The molecule has 2 unspecified atom stereocenters. The second-order valence-corrected chi connectivity index (χ2v) is 23.4. The number of nitrogens with zero attached hydrogens (tertiary/aromatic N) is 1. The highest BCUT2D eigenvalue weighted by atomic mass is 16.7. The molecule has 0 aliphatic rings. The van der Waals surface area contributed by atoms with Gasteiger partial charge < -0.3 is 33.3 Å². The monoisotopic (exact) mass is 1040 g/mol. The van der Waals surface area contributed by atoms with Gasteiger partial charge >= 0.3 is 11.9 Å². The summed E-state index contributed by atoms with van der Waals surface area (Å²) in [6.07, 6.45) is 61.7. The number of hydrogen-bond donors (Lipinski definition) is 0. The molecule has 0 rings (SSSR count). The van der Waals surface area contributed by atoms with E-state index in [1.165, 1.54) is 270 Å². The summed E-state index contributed by atoms with van der Waals surface area (Å²) in [7, 11) is 5.94. The molecule has 0 N–H and O–H groups in total. The van der Waals surface area contributed by atoms with Gasteiger partial charge in [0, 0.05) is 12.8 Å². The Bertz CT molecular complexity index is 1160. The lowest BCUT2D eigenvalue weighted by Crippen LogP contribution is -2.44. The quantitative estimate of drug-likeness (QED) is 0.0256. The molecule has 2 atom stereocenters. The zero-order valence-electron chi connectivity index (χ0n) is 49.6. The molecule has 434 valence electrons. The Morgan fingerprint density at radius 2 is 0.616 bits per heavy atom. The summed E-state index contributed by atoms with van der Waals surface area (Å²) in [5, 5.41) is 11.8. The number of quaternary nitrogens is 1. The van der Waals surface area contributed by atoms with Crippen LogP contribution in [0.25, 0.3) is 0 Å². The molecule has 0 aliphatic carbocycles. The molecule has 0 aromatic carbocycles. The summed E-state index contributed by atoms with van der Waals surface area (Å²) in [5.41, 5.74) is 0. The first kappa shape index (κ1) is 71.3. The maximum absolute atomic E-state index is 12.9. The van der Waals surface area contributed by atoms with Gasteiger partial charge in [-0.05, 0) is 12.8 Å². The minimum atomic E-state index is -1.61. The minimum Gasteiger partial charge on any atom is -0.545 e. The van der Waals surface area contributed by atoms with Crippen molar-refractivity contribution < 1.29 is 42.9 Å². The molecule has 0 aliphatic heterocycles. The first-order valence-electron chi connectivity index (χ1n) is 32.2. The van der Waals surface area contributed by atoms with Crippen molar-refractivity contribution >= 4 is 17.9 Å². The van der Waals surface area contributed by atoms with E-state index < -0.39 is 24.3 Å². The number of hydrogen-bond acceptors (Lipinski definition) is 8. The van der Waals surface area contributed by atoms with E-state index in [4.69, 9.17) is 18.9 Å². The fourth-order valence-corrected chi connectivity index (χ4v) is 9.89. The van der Waals surface area contributed by atoms with Crippen molar-refractivity contribution in [1.82, 2.24) is 0 Å². The number of ether oxygens (including phenoxy) is 4. The lowest BCUT2D eigenvalue weighted by atomic mass is 10.0. The van der Waals surface area contributed by atoms with E-state index in [-0.39, 0.29) is 32.2 Å². The summed E-state index contributed by atoms with van der Waals surface area (Å²) < 4.78 is 22.8. The highest BCUT2D eigenvalue weighted by Crippen LogP contribution is 2.19. The molecule has 0 bridgehead atoms. The molecule has 0 saturated carbocycles. The predicted octanol–water partition coefficient (Wildman–Crippen LogP) is 17.8. The van der Waals surface area contributed by atoms with Crippen LogP contribution >= 0.6 is 0 Å². The van der Waals surface area contributed by atoms with E-state index in [2.05, 4.69) is 13.8 Å². The summed E-state index contributed by atoms with van der Waals surface area (Å²) in [5.74, 6) is -2.25. The van der Waals surface area contributed by atoms with Crippen LogP contribution in [-0.4, -0.2) is 82.3 Å². The zero-order valence-corrected chi connectivity index (χ0v) is 49.6. The summed E-state index contributed by atoms with van der Waals surface area (Å²) >= 11 is 0. The number of esters is 2. The summed E-state index contributed by atoms with van der Waals surface area (Å²) in [6.45, 7) is 4.83. The van der Waals surface area contributed by atoms with Crippen molar-refractivity contribution in [3.63, 3.8) is 0 Å². The number of carbonyl (C=O) groups is 3. The van der Waals surface area contributed by atoms with Gasteiger partial charge in [-0.25, -0.2) is 0 Å². The van der Waals surface area contributed by atoms with Crippen LogP contribution in [0.3, 0.4) is 0 Å². The second kappa shape index (κ2) is 56.5. The number of likely N-dealkylation sites (N-methyl/N-ethyl adjacent to an activating group) is 1. The van der Waals surface area contributed by atoms with E-state index in [0.29, 0.717) is 17.4 Å². The molecular weight excluding hydrogens is 911 g/mol. The van der Waals surface area contributed by atoms with Crippen LogP contribution < -0.4 is 5.11 Å². The van der Waals surface area contributed by atoms with Crippen LogP contribution in [0.1, 0.15) is 335 Å². The fourth-order valence-electron chi connectivity index (χ4n) is 9.89. The lowest BCUT2D eigenvalue weighted by molar-refractivity contribution is -0.870. The van der Waals surface area contributed by atoms with Crippen molar-refractivity contribution in [2.75, 3.05) is 47.5 Å². The van der Waals surface area contributed by atoms with Gasteiger partial charge in [-0.15, -0.1) is 0 Å². The molecule has 0 aromatic heterocycles. The highest BCUT2D eigenvalue weighted by Gasteiger charge is 2.22. The average molecular weight is 1040 g/mol. The Balaban J connectivity index is 4.06.